The van der Waals surface area contributed by atoms with Gasteiger partial charge in [0, 0.05) is 12.8 Å². The molecule has 0 amide bonds. The molecule has 51 heavy (non-hydrogen) atoms. The van der Waals surface area contributed by atoms with Crippen LogP contribution in [0.1, 0.15) is 200 Å². The van der Waals surface area contributed by atoms with Gasteiger partial charge in [-0.05, 0) is 12.8 Å². The van der Waals surface area contributed by atoms with Crippen LogP contribution in [0.25, 0.3) is 0 Å². The molecule has 1 N–H and O–H groups in total. The zero-order chi connectivity index (χ0) is 37.9. The smallest absolute Gasteiger partial charge is 0.462 e. The van der Waals surface area contributed by atoms with Crippen molar-refractivity contribution in [1.29, 1.82) is 0 Å². The molecule has 0 heterocycles. The van der Waals surface area contributed by atoms with Gasteiger partial charge in [-0.15, -0.1) is 0 Å². The Balaban J connectivity index is 4.06. The van der Waals surface area contributed by atoms with Crippen molar-refractivity contribution in [2.75, 3.05) is 47.5 Å². The predicted octanol–water partition coefficient (Wildman–Crippen LogP) is 11.6. The summed E-state index contributed by atoms with van der Waals surface area (Å²) in [4.78, 5) is 35.0. The highest BCUT2D eigenvalue weighted by Crippen LogP contribution is 2.43. The number of nitrogens with zero attached hydrogens (tertiary/aromatic N) is 1. The molecule has 304 valence electrons. The maximum absolute atomic E-state index is 12.6. The van der Waals surface area contributed by atoms with E-state index < -0.39 is 26.5 Å². The van der Waals surface area contributed by atoms with Crippen molar-refractivity contribution in [3.05, 3.63) is 0 Å². The van der Waals surface area contributed by atoms with Gasteiger partial charge in [0.1, 0.15) is 19.8 Å². The molecule has 0 fully saturated rings. The van der Waals surface area contributed by atoms with E-state index in [4.69, 9.17) is 18.5 Å². The van der Waals surface area contributed by atoms with Gasteiger partial charge < -0.3 is 18.9 Å². The number of carbonyl (C=O) groups excluding carboxylic acids is 2. The lowest BCUT2D eigenvalue weighted by molar-refractivity contribution is -0.870. The van der Waals surface area contributed by atoms with Gasteiger partial charge in [-0.2, -0.15) is 0 Å². The predicted molar refractivity (Wildman–Crippen MR) is 211 cm³/mol. The lowest BCUT2D eigenvalue weighted by Gasteiger charge is -2.24. The van der Waals surface area contributed by atoms with Crippen molar-refractivity contribution in [2.45, 2.75) is 206 Å². The fraction of sp³-hybridized carbons (Fsp3) is 0.951. The molecule has 0 aliphatic carbocycles. The molecular weight excluding hydrogens is 665 g/mol. The highest BCUT2D eigenvalue weighted by Gasteiger charge is 2.27. The van der Waals surface area contributed by atoms with Crippen LogP contribution in [0.4, 0.5) is 0 Å². The Labute approximate surface area is 314 Å². The summed E-state index contributed by atoms with van der Waals surface area (Å²) in [5.74, 6) is -0.801. The summed E-state index contributed by atoms with van der Waals surface area (Å²) in [6, 6.07) is 0. The summed E-state index contributed by atoms with van der Waals surface area (Å²) in [6.07, 6.45) is 33.4. The topological polar surface area (TPSA) is 108 Å². The molecule has 0 spiro atoms. The number of phosphoric acid groups is 1. The van der Waals surface area contributed by atoms with Gasteiger partial charge in [0.05, 0.1) is 27.7 Å². The number of ether oxygens (including phenoxy) is 2. The number of unbranched alkanes of at least 4 members (excludes halogenated alkanes) is 25. The number of carbonyl (C=O) groups is 2. The Bertz CT molecular complexity index is 850. The van der Waals surface area contributed by atoms with Gasteiger partial charge in [-0.3, -0.25) is 18.6 Å². The largest absolute Gasteiger partial charge is 0.472 e. The molecule has 0 saturated heterocycles. The van der Waals surface area contributed by atoms with Crippen molar-refractivity contribution in [2.24, 2.45) is 0 Å². The van der Waals surface area contributed by atoms with Crippen molar-refractivity contribution in [1.82, 2.24) is 0 Å². The van der Waals surface area contributed by atoms with E-state index in [9.17, 15) is 19.0 Å². The minimum absolute atomic E-state index is 0.0360. The van der Waals surface area contributed by atoms with Crippen LogP contribution in [0, 0.1) is 0 Å². The Morgan fingerprint density at radius 2 is 0.882 bits per heavy atom. The van der Waals surface area contributed by atoms with Crippen LogP contribution in [-0.2, 0) is 32.7 Å². The Hall–Kier alpha value is -0.990. The molecule has 0 rings (SSSR count). The number of rotatable bonds is 39. The van der Waals surface area contributed by atoms with Crippen LogP contribution in [0.15, 0.2) is 0 Å². The van der Waals surface area contributed by atoms with Crippen molar-refractivity contribution in [3.63, 3.8) is 0 Å². The zero-order valence-electron chi connectivity index (χ0n) is 34.1. The molecule has 0 bridgehead atoms. The third kappa shape index (κ3) is 38.5. The second-order valence-electron chi connectivity index (χ2n) is 15.7. The first-order valence-corrected chi connectivity index (χ1v) is 22.8. The molecule has 0 saturated carbocycles. The van der Waals surface area contributed by atoms with Crippen molar-refractivity contribution >= 4 is 19.8 Å². The van der Waals surface area contributed by atoms with E-state index in [0.717, 1.165) is 51.4 Å². The minimum atomic E-state index is -4.35. The molecule has 2 atom stereocenters. The standard InChI is InChI=1S/C41H82NO8P/c1-6-8-10-12-13-14-15-16-17-18-19-20-21-22-23-24-25-26-27-28-30-32-34-41(44)50-39(37-47-40(43)33-31-29-11-9-7-2)38-49-51(45,46)48-36-35-42(3,4)5/h39H,6-38H2,1-5H3/p+1. The molecule has 0 aromatic heterocycles. The van der Waals surface area contributed by atoms with Gasteiger partial charge >= 0.3 is 19.8 Å². The van der Waals surface area contributed by atoms with Crippen LogP contribution < -0.4 is 0 Å². The van der Waals surface area contributed by atoms with Crippen LogP contribution >= 0.6 is 7.82 Å². The second-order valence-corrected chi connectivity index (χ2v) is 17.2. The van der Waals surface area contributed by atoms with Gasteiger partial charge in [0.2, 0.25) is 0 Å². The molecular formula is C41H83NO8P+. The van der Waals surface area contributed by atoms with E-state index in [1.807, 2.05) is 21.1 Å². The SMILES string of the molecule is CCCCCCCCCCCCCCCCCCCCCCCCC(=O)OC(COC(=O)CCCCCCC)COP(=O)(O)OCC[N+](C)(C)C. The summed E-state index contributed by atoms with van der Waals surface area (Å²) in [5, 5.41) is 0. The van der Waals surface area contributed by atoms with Crippen molar-refractivity contribution in [3.8, 4) is 0 Å². The zero-order valence-corrected chi connectivity index (χ0v) is 35.0. The minimum Gasteiger partial charge on any atom is -0.462 e. The average Bonchev–Trinajstić information content (AvgIpc) is 3.07. The van der Waals surface area contributed by atoms with Crippen LogP contribution in [-0.4, -0.2) is 74.9 Å². The lowest BCUT2D eigenvalue weighted by Crippen LogP contribution is -2.37. The Kier molecular flexibility index (Phi) is 34.1. The van der Waals surface area contributed by atoms with Crippen molar-refractivity contribution < 1.29 is 42.1 Å². The van der Waals surface area contributed by atoms with E-state index >= 15 is 0 Å². The third-order valence-corrected chi connectivity index (χ3v) is 10.4. The average molecular weight is 749 g/mol. The highest BCUT2D eigenvalue weighted by molar-refractivity contribution is 7.47. The Morgan fingerprint density at radius 1 is 0.529 bits per heavy atom. The molecule has 0 aliphatic heterocycles. The Morgan fingerprint density at radius 3 is 1.25 bits per heavy atom. The van der Waals surface area contributed by atoms with Crippen LogP contribution in [0.2, 0.25) is 0 Å². The first kappa shape index (κ1) is 50.0. The second kappa shape index (κ2) is 34.8. The first-order chi connectivity index (χ1) is 24.5. The number of hydrogen-bond acceptors (Lipinski definition) is 7. The summed E-state index contributed by atoms with van der Waals surface area (Å²) in [5.41, 5.74) is 0. The van der Waals surface area contributed by atoms with Gasteiger partial charge in [-0.1, -0.05) is 174 Å². The lowest BCUT2D eigenvalue weighted by atomic mass is 10.0. The molecule has 9 nitrogen and oxygen atoms in total. The number of likely N-dealkylation sites (N-methyl/N-ethyl adjacent to an activating group) is 1. The fourth-order valence-electron chi connectivity index (χ4n) is 6.01. The van der Waals surface area contributed by atoms with E-state index in [2.05, 4.69) is 13.8 Å². The molecule has 0 radical (unpaired) electrons. The number of hydrogen-bond donors (Lipinski definition) is 1. The van der Waals surface area contributed by atoms with Crippen LogP contribution in [0.3, 0.4) is 0 Å². The van der Waals surface area contributed by atoms with E-state index in [1.165, 1.54) is 122 Å². The van der Waals surface area contributed by atoms with E-state index in [0.29, 0.717) is 11.0 Å². The fourth-order valence-corrected chi connectivity index (χ4v) is 6.76. The normalized spacial score (nSPS) is 13.6. The summed E-state index contributed by atoms with van der Waals surface area (Å²) >= 11 is 0. The van der Waals surface area contributed by atoms with Crippen LogP contribution in [0.5, 0.6) is 0 Å². The summed E-state index contributed by atoms with van der Waals surface area (Å²) in [6.45, 7) is 4.35. The molecule has 0 aliphatic rings. The highest BCUT2D eigenvalue weighted by atomic mass is 31.2. The van der Waals surface area contributed by atoms with Gasteiger partial charge in [-0.25, -0.2) is 4.57 Å². The number of phosphoric ester groups is 1. The number of quaternary nitrogens is 1. The van der Waals surface area contributed by atoms with Gasteiger partial charge in [0.15, 0.2) is 6.10 Å². The van der Waals surface area contributed by atoms with Gasteiger partial charge in [0.25, 0.3) is 0 Å². The first-order valence-electron chi connectivity index (χ1n) is 21.3. The maximum atomic E-state index is 12.6. The molecule has 10 heteroatoms. The van der Waals surface area contributed by atoms with E-state index in [-0.39, 0.29) is 32.0 Å². The quantitative estimate of drug-likeness (QED) is 0.0286. The number of esters is 2. The molecule has 0 aromatic rings. The maximum Gasteiger partial charge on any atom is 0.472 e. The molecule has 0 aromatic carbocycles. The third-order valence-electron chi connectivity index (χ3n) is 9.39. The summed E-state index contributed by atoms with van der Waals surface area (Å²) in [7, 11) is 1.49. The van der Waals surface area contributed by atoms with E-state index in [1.54, 1.807) is 0 Å². The molecule has 2 unspecified atom stereocenters. The summed E-state index contributed by atoms with van der Waals surface area (Å²) < 4.78 is 34.0. The monoisotopic (exact) mass is 749 g/mol.